The van der Waals surface area contributed by atoms with Crippen LogP contribution in [0.15, 0.2) is 12.4 Å². The molecule has 0 radical (unpaired) electrons. The van der Waals surface area contributed by atoms with E-state index in [0.717, 1.165) is 18.9 Å². The van der Waals surface area contributed by atoms with Gasteiger partial charge in [-0.15, -0.1) is 0 Å². The van der Waals surface area contributed by atoms with Gasteiger partial charge in [0.1, 0.15) is 5.82 Å². The van der Waals surface area contributed by atoms with Crippen molar-refractivity contribution in [2.75, 3.05) is 13.1 Å². The van der Waals surface area contributed by atoms with Crippen molar-refractivity contribution in [1.29, 1.82) is 0 Å². The maximum Gasteiger partial charge on any atom is 0.226 e. The van der Waals surface area contributed by atoms with Crippen LogP contribution in [0.3, 0.4) is 0 Å². The van der Waals surface area contributed by atoms with Crippen LogP contribution in [-0.2, 0) is 11.3 Å². The van der Waals surface area contributed by atoms with Crippen LogP contribution in [0.2, 0.25) is 0 Å². The fraction of sp³-hybridized carbons (Fsp3) is 0.500. The third kappa shape index (κ3) is 1.86. The number of rotatable bonds is 3. The Morgan fingerprint density at radius 3 is 3.08 bits per heavy atom. The van der Waals surface area contributed by atoms with E-state index in [4.69, 9.17) is 0 Å². The maximum absolute atomic E-state index is 11.3. The van der Waals surface area contributed by atoms with Gasteiger partial charge in [0, 0.05) is 25.5 Å². The topological polar surface area (TPSA) is 69.8 Å². The summed E-state index contributed by atoms with van der Waals surface area (Å²) in [5.41, 5.74) is 0. The summed E-state index contributed by atoms with van der Waals surface area (Å²) in [7, 11) is 0. The van der Waals surface area contributed by atoms with E-state index >= 15 is 0 Å². The lowest BCUT2D eigenvalue weighted by atomic mass is 10.0. The second kappa shape index (κ2) is 3.57. The van der Waals surface area contributed by atoms with Crippen LogP contribution in [-0.4, -0.2) is 29.0 Å². The number of hydrogen-bond donors (Lipinski definition) is 3. The van der Waals surface area contributed by atoms with Gasteiger partial charge in [-0.25, -0.2) is 4.98 Å². The number of aromatic amines is 1. The first-order valence-corrected chi connectivity index (χ1v) is 4.33. The first-order valence-electron chi connectivity index (χ1n) is 4.33. The molecular formula is C8H12N4O. The minimum atomic E-state index is 0.107. The molecule has 1 amide bonds. The van der Waals surface area contributed by atoms with E-state index < -0.39 is 0 Å². The molecule has 0 bridgehead atoms. The number of nitrogens with one attached hydrogen (secondary N) is 3. The molecule has 3 N–H and O–H groups in total. The highest BCUT2D eigenvalue weighted by Gasteiger charge is 2.24. The van der Waals surface area contributed by atoms with Gasteiger partial charge < -0.3 is 15.6 Å². The van der Waals surface area contributed by atoms with E-state index in [9.17, 15) is 4.79 Å². The smallest absolute Gasteiger partial charge is 0.226 e. The number of carbonyl (C=O) groups excluding carboxylic acids is 1. The Kier molecular flexibility index (Phi) is 2.27. The monoisotopic (exact) mass is 180 g/mol. The first kappa shape index (κ1) is 8.25. The minimum Gasteiger partial charge on any atom is -0.349 e. The summed E-state index contributed by atoms with van der Waals surface area (Å²) in [6.45, 7) is 2.08. The molecule has 1 aromatic heterocycles. The molecule has 2 heterocycles. The fourth-order valence-corrected chi connectivity index (χ4v) is 1.18. The molecular weight excluding hydrogens is 168 g/mol. The Bertz CT molecular complexity index is 278. The number of amides is 1. The van der Waals surface area contributed by atoms with Crippen LogP contribution in [0.25, 0.3) is 0 Å². The van der Waals surface area contributed by atoms with E-state index in [-0.39, 0.29) is 11.8 Å². The summed E-state index contributed by atoms with van der Waals surface area (Å²) in [5.74, 6) is 1.05. The zero-order valence-corrected chi connectivity index (χ0v) is 7.21. The average Bonchev–Trinajstić information content (AvgIpc) is 2.49. The molecule has 0 aliphatic carbocycles. The fourth-order valence-electron chi connectivity index (χ4n) is 1.18. The number of nitrogens with zero attached hydrogens (tertiary/aromatic N) is 1. The molecule has 0 unspecified atom stereocenters. The predicted molar refractivity (Wildman–Crippen MR) is 46.8 cm³/mol. The zero-order chi connectivity index (χ0) is 9.10. The molecule has 1 fully saturated rings. The van der Waals surface area contributed by atoms with Crippen LogP contribution in [0.1, 0.15) is 5.82 Å². The van der Waals surface area contributed by atoms with Crippen LogP contribution in [0.4, 0.5) is 0 Å². The van der Waals surface area contributed by atoms with Crippen LogP contribution < -0.4 is 10.6 Å². The highest BCUT2D eigenvalue weighted by Crippen LogP contribution is 2.02. The van der Waals surface area contributed by atoms with E-state index in [0.29, 0.717) is 6.54 Å². The molecule has 0 saturated carbocycles. The summed E-state index contributed by atoms with van der Waals surface area (Å²) in [5, 5.41) is 5.87. The molecule has 5 nitrogen and oxygen atoms in total. The molecule has 5 heteroatoms. The van der Waals surface area contributed by atoms with Crippen LogP contribution in [0, 0.1) is 5.92 Å². The summed E-state index contributed by atoms with van der Waals surface area (Å²) >= 11 is 0. The van der Waals surface area contributed by atoms with Crippen molar-refractivity contribution in [2.45, 2.75) is 6.54 Å². The van der Waals surface area contributed by atoms with Crippen molar-refractivity contribution in [3.8, 4) is 0 Å². The van der Waals surface area contributed by atoms with Crippen molar-refractivity contribution in [1.82, 2.24) is 20.6 Å². The highest BCUT2D eigenvalue weighted by atomic mass is 16.2. The number of imidazole rings is 1. The first-order chi connectivity index (χ1) is 6.36. The summed E-state index contributed by atoms with van der Waals surface area (Å²) < 4.78 is 0. The van der Waals surface area contributed by atoms with Gasteiger partial charge in [-0.2, -0.15) is 0 Å². The summed E-state index contributed by atoms with van der Waals surface area (Å²) in [4.78, 5) is 18.3. The molecule has 1 aliphatic rings. The molecule has 1 aliphatic heterocycles. The lowest BCUT2D eigenvalue weighted by Crippen LogP contribution is -2.50. The van der Waals surface area contributed by atoms with Gasteiger partial charge in [0.05, 0.1) is 12.5 Å². The van der Waals surface area contributed by atoms with Gasteiger partial charge in [-0.3, -0.25) is 4.79 Å². The number of aromatic nitrogens is 2. The Hall–Kier alpha value is -1.36. The molecule has 0 atom stereocenters. The Balaban J connectivity index is 1.76. The van der Waals surface area contributed by atoms with Crippen LogP contribution >= 0.6 is 0 Å². The lowest BCUT2D eigenvalue weighted by Gasteiger charge is -2.25. The van der Waals surface area contributed by atoms with Crippen molar-refractivity contribution in [3.05, 3.63) is 18.2 Å². The normalized spacial score (nSPS) is 16.6. The Morgan fingerprint density at radius 1 is 1.69 bits per heavy atom. The van der Waals surface area contributed by atoms with E-state index in [1.165, 1.54) is 0 Å². The summed E-state index contributed by atoms with van der Waals surface area (Å²) in [6, 6.07) is 0. The maximum atomic E-state index is 11.3. The van der Waals surface area contributed by atoms with Crippen molar-refractivity contribution in [3.63, 3.8) is 0 Å². The van der Waals surface area contributed by atoms with Gasteiger partial charge >= 0.3 is 0 Å². The molecule has 13 heavy (non-hydrogen) atoms. The zero-order valence-electron chi connectivity index (χ0n) is 7.21. The van der Waals surface area contributed by atoms with Gasteiger partial charge in [-0.05, 0) is 0 Å². The quantitative estimate of drug-likeness (QED) is 0.573. The van der Waals surface area contributed by atoms with Crippen molar-refractivity contribution >= 4 is 5.91 Å². The lowest BCUT2D eigenvalue weighted by molar-refractivity contribution is -0.126. The molecule has 0 spiro atoms. The minimum absolute atomic E-state index is 0.107. The predicted octanol–water partition coefficient (Wildman–Crippen LogP) is -0.755. The number of H-pyrrole nitrogens is 1. The SMILES string of the molecule is O=C(NCc1ncc[nH]1)C1CNC1. The molecule has 0 aromatic carbocycles. The van der Waals surface area contributed by atoms with E-state index in [1.54, 1.807) is 12.4 Å². The van der Waals surface area contributed by atoms with Gasteiger partial charge in [0.25, 0.3) is 0 Å². The second-order valence-electron chi connectivity index (χ2n) is 3.11. The van der Waals surface area contributed by atoms with E-state index in [2.05, 4.69) is 20.6 Å². The van der Waals surface area contributed by atoms with E-state index in [1.807, 2.05) is 0 Å². The van der Waals surface area contributed by atoms with Crippen molar-refractivity contribution in [2.24, 2.45) is 5.92 Å². The average molecular weight is 180 g/mol. The molecule has 70 valence electrons. The molecule has 2 rings (SSSR count). The highest BCUT2D eigenvalue weighted by molar-refractivity contribution is 5.79. The summed E-state index contributed by atoms with van der Waals surface area (Å²) in [6.07, 6.45) is 3.42. The second-order valence-corrected chi connectivity index (χ2v) is 3.11. The third-order valence-electron chi connectivity index (χ3n) is 2.14. The molecule has 1 aromatic rings. The van der Waals surface area contributed by atoms with Gasteiger partial charge in [0.2, 0.25) is 5.91 Å². The van der Waals surface area contributed by atoms with Gasteiger partial charge in [-0.1, -0.05) is 0 Å². The number of hydrogen-bond acceptors (Lipinski definition) is 3. The Labute approximate surface area is 75.9 Å². The molecule has 1 saturated heterocycles. The van der Waals surface area contributed by atoms with Crippen LogP contribution in [0.5, 0.6) is 0 Å². The van der Waals surface area contributed by atoms with Crippen molar-refractivity contribution < 1.29 is 4.79 Å². The number of carbonyl (C=O) groups is 1. The largest absolute Gasteiger partial charge is 0.349 e. The van der Waals surface area contributed by atoms with Gasteiger partial charge in [0.15, 0.2) is 0 Å². The Morgan fingerprint density at radius 2 is 2.54 bits per heavy atom. The standard InChI is InChI=1S/C8H12N4O/c13-8(6-3-9-4-6)12-5-7-10-1-2-11-7/h1-2,6,9H,3-5H2,(H,10,11)(H,12,13). The third-order valence-corrected chi connectivity index (χ3v) is 2.14.